The van der Waals surface area contributed by atoms with Crippen LogP contribution < -0.4 is 10.9 Å². The van der Waals surface area contributed by atoms with E-state index in [1.165, 1.54) is 45.3 Å². The Morgan fingerprint density at radius 3 is 2.30 bits per heavy atom. The first-order valence-electron chi connectivity index (χ1n) is 11.7. The van der Waals surface area contributed by atoms with Gasteiger partial charge < -0.3 is 14.6 Å². The van der Waals surface area contributed by atoms with Crippen LogP contribution in [0, 0.1) is 13.8 Å². The zero-order valence-corrected chi connectivity index (χ0v) is 21.3. The number of benzene rings is 2. The van der Waals surface area contributed by atoms with Gasteiger partial charge in [-0.3, -0.25) is 9.59 Å². The van der Waals surface area contributed by atoms with Crippen molar-refractivity contribution in [2.75, 3.05) is 7.11 Å². The molecule has 0 unspecified atom stereocenters. The first-order valence-corrected chi connectivity index (χ1v) is 11.7. The molecule has 3 aromatic rings. The fourth-order valence-electron chi connectivity index (χ4n) is 4.28. The molecule has 3 rings (SSSR count). The highest BCUT2D eigenvalue weighted by Gasteiger charge is 2.36. The summed E-state index contributed by atoms with van der Waals surface area (Å²) in [4.78, 5) is 38.3. The SMILES string of the molecule is CCc1cccc(C)c1C(=O)N[C@@H](Cc1ccc(-c2c(C(F)(F)F)cc(C)n(C)c2=O)cc1)C(=O)OC. The smallest absolute Gasteiger partial charge is 0.417 e. The average molecular weight is 515 g/mol. The van der Waals surface area contributed by atoms with Crippen molar-refractivity contribution in [3.63, 3.8) is 0 Å². The van der Waals surface area contributed by atoms with Crippen molar-refractivity contribution in [3.8, 4) is 11.1 Å². The quantitative estimate of drug-likeness (QED) is 0.461. The number of hydrogen-bond acceptors (Lipinski definition) is 4. The van der Waals surface area contributed by atoms with Crippen LogP contribution in [0.15, 0.2) is 53.3 Å². The molecule has 0 fully saturated rings. The minimum Gasteiger partial charge on any atom is -0.467 e. The number of aryl methyl sites for hydroxylation is 3. The number of methoxy groups -OCH3 is 1. The van der Waals surface area contributed by atoms with Crippen molar-refractivity contribution < 1.29 is 27.5 Å². The molecule has 0 aliphatic rings. The Balaban J connectivity index is 1.93. The topological polar surface area (TPSA) is 77.4 Å². The maximum Gasteiger partial charge on any atom is 0.417 e. The van der Waals surface area contributed by atoms with Crippen molar-refractivity contribution >= 4 is 11.9 Å². The number of rotatable bonds is 7. The number of esters is 1. The Morgan fingerprint density at radius 2 is 1.73 bits per heavy atom. The molecule has 0 saturated heterocycles. The lowest BCUT2D eigenvalue weighted by Gasteiger charge is -2.19. The molecule has 37 heavy (non-hydrogen) atoms. The molecule has 0 saturated carbocycles. The van der Waals surface area contributed by atoms with Crippen LogP contribution in [0.5, 0.6) is 0 Å². The molecule has 1 amide bonds. The number of ether oxygens (including phenoxy) is 1. The van der Waals surface area contributed by atoms with E-state index in [4.69, 9.17) is 4.74 Å². The fourth-order valence-corrected chi connectivity index (χ4v) is 4.28. The van der Waals surface area contributed by atoms with Gasteiger partial charge in [0.1, 0.15) is 6.04 Å². The number of hydrogen-bond donors (Lipinski definition) is 1. The van der Waals surface area contributed by atoms with Crippen molar-refractivity contribution in [2.45, 2.75) is 45.8 Å². The highest BCUT2D eigenvalue weighted by molar-refractivity contribution is 5.99. The van der Waals surface area contributed by atoms with E-state index in [0.29, 0.717) is 17.5 Å². The van der Waals surface area contributed by atoms with E-state index in [-0.39, 0.29) is 17.7 Å². The number of nitrogens with zero attached hydrogens (tertiary/aromatic N) is 1. The fraction of sp³-hybridized carbons (Fsp3) is 0.321. The van der Waals surface area contributed by atoms with Gasteiger partial charge in [0.05, 0.1) is 18.2 Å². The Kier molecular flexibility index (Phi) is 8.25. The van der Waals surface area contributed by atoms with E-state index in [1.807, 2.05) is 32.0 Å². The first kappa shape index (κ1) is 27.7. The van der Waals surface area contributed by atoms with Crippen LogP contribution >= 0.6 is 0 Å². The lowest BCUT2D eigenvalue weighted by Crippen LogP contribution is -2.43. The molecule has 9 heteroatoms. The van der Waals surface area contributed by atoms with Gasteiger partial charge in [-0.25, -0.2) is 4.79 Å². The summed E-state index contributed by atoms with van der Waals surface area (Å²) in [6.45, 7) is 5.17. The number of carbonyl (C=O) groups excluding carboxylic acids is 2. The van der Waals surface area contributed by atoms with E-state index >= 15 is 0 Å². The van der Waals surface area contributed by atoms with Crippen molar-refractivity contribution in [3.05, 3.63) is 92.4 Å². The summed E-state index contributed by atoms with van der Waals surface area (Å²) >= 11 is 0. The lowest BCUT2D eigenvalue weighted by molar-refractivity contribution is -0.143. The van der Waals surface area contributed by atoms with Crippen molar-refractivity contribution in [1.82, 2.24) is 9.88 Å². The highest BCUT2D eigenvalue weighted by atomic mass is 19.4. The van der Waals surface area contributed by atoms with Crippen LogP contribution in [0.3, 0.4) is 0 Å². The number of carbonyl (C=O) groups is 2. The maximum absolute atomic E-state index is 13.7. The van der Waals surface area contributed by atoms with Gasteiger partial charge in [0.2, 0.25) is 0 Å². The summed E-state index contributed by atoms with van der Waals surface area (Å²) in [5, 5.41) is 2.73. The zero-order chi connectivity index (χ0) is 27.5. The highest BCUT2D eigenvalue weighted by Crippen LogP contribution is 2.35. The van der Waals surface area contributed by atoms with Crippen LogP contribution in [-0.4, -0.2) is 29.6 Å². The Morgan fingerprint density at radius 1 is 1.08 bits per heavy atom. The number of nitrogens with one attached hydrogen (secondary N) is 1. The number of amides is 1. The summed E-state index contributed by atoms with van der Waals surface area (Å²) in [7, 11) is 2.62. The Bertz CT molecular complexity index is 1380. The molecule has 1 aromatic heterocycles. The van der Waals surface area contributed by atoms with E-state index in [2.05, 4.69) is 5.32 Å². The predicted octanol–water partition coefficient (Wildman–Crippen LogP) is 4.76. The van der Waals surface area contributed by atoms with E-state index in [0.717, 1.165) is 21.8 Å². The Labute approximate surface area is 213 Å². The minimum absolute atomic E-state index is 0.0457. The van der Waals surface area contributed by atoms with Gasteiger partial charge in [0, 0.05) is 24.7 Å². The lowest BCUT2D eigenvalue weighted by atomic mass is 9.96. The molecule has 0 spiro atoms. The van der Waals surface area contributed by atoms with Crippen LogP contribution in [0.1, 0.15) is 45.2 Å². The van der Waals surface area contributed by atoms with E-state index < -0.39 is 40.8 Å². The minimum atomic E-state index is -4.71. The van der Waals surface area contributed by atoms with Gasteiger partial charge in [-0.1, -0.05) is 49.4 Å². The second-order valence-corrected chi connectivity index (χ2v) is 8.85. The van der Waals surface area contributed by atoms with Gasteiger partial charge in [0.15, 0.2) is 0 Å². The standard InChI is InChI=1S/C28H29F3N2O4/c1-6-19-9-7-8-16(2)23(19)25(34)32-22(27(36)37-5)15-18-10-12-20(13-11-18)24-21(28(29,30)31)14-17(3)33(4)26(24)35/h7-14,22H,6,15H2,1-5H3,(H,32,34)/t22-/m0/s1. The number of aromatic nitrogens is 1. The van der Waals surface area contributed by atoms with Gasteiger partial charge >= 0.3 is 12.1 Å². The first-order chi connectivity index (χ1) is 17.4. The number of halogens is 3. The largest absolute Gasteiger partial charge is 0.467 e. The van der Waals surface area contributed by atoms with Crippen molar-refractivity contribution in [1.29, 1.82) is 0 Å². The third-order valence-corrected chi connectivity index (χ3v) is 6.42. The van der Waals surface area contributed by atoms with Crippen molar-refractivity contribution in [2.24, 2.45) is 7.05 Å². The molecule has 196 valence electrons. The summed E-state index contributed by atoms with van der Waals surface area (Å²) in [6.07, 6.45) is -4.03. The average Bonchev–Trinajstić information content (AvgIpc) is 2.85. The van der Waals surface area contributed by atoms with Gasteiger partial charge in [-0.2, -0.15) is 13.2 Å². The maximum atomic E-state index is 13.7. The Hall–Kier alpha value is -3.88. The molecular weight excluding hydrogens is 485 g/mol. The van der Waals surface area contributed by atoms with Crippen LogP contribution in [-0.2, 0) is 35.6 Å². The second-order valence-electron chi connectivity index (χ2n) is 8.85. The normalized spacial score (nSPS) is 12.2. The zero-order valence-electron chi connectivity index (χ0n) is 21.3. The molecule has 0 bridgehead atoms. The molecule has 6 nitrogen and oxygen atoms in total. The third kappa shape index (κ3) is 5.93. The molecule has 0 radical (unpaired) electrons. The second kappa shape index (κ2) is 11.0. The molecule has 1 N–H and O–H groups in total. The summed E-state index contributed by atoms with van der Waals surface area (Å²) in [5.74, 6) is -1.07. The van der Waals surface area contributed by atoms with Crippen LogP contribution in [0.4, 0.5) is 13.2 Å². The molecule has 1 heterocycles. The molecule has 2 aromatic carbocycles. The number of alkyl halides is 3. The third-order valence-electron chi connectivity index (χ3n) is 6.42. The predicted molar refractivity (Wildman–Crippen MR) is 134 cm³/mol. The van der Waals surface area contributed by atoms with Gasteiger partial charge in [0.25, 0.3) is 11.5 Å². The van der Waals surface area contributed by atoms with E-state index in [1.54, 1.807) is 0 Å². The molecule has 0 aliphatic heterocycles. The summed E-state index contributed by atoms with van der Waals surface area (Å²) < 4.78 is 47.2. The van der Waals surface area contributed by atoms with Crippen LogP contribution in [0.2, 0.25) is 0 Å². The van der Waals surface area contributed by atoms with Gasteiger partial charge in [-0.15, -0.1) is 0 Å². The van der Waals surface area contributed by atoms with Gasteiger partial charge in [-0.05, 0) is 48.6 Å². The van der Waals surface area contributed by atoms with Crippen LogP contribution in [0.25, 0.3) is 11.1 Å². The summed E-state index contributed by atoms with van der Waals surface area (Å²) in [6, 6.07) is 11.3. The van der Waals surface area contributed by atoms with E-state index in [9.17, 15) is 27.6 Å². The molecular formula is C28H29F3N2O4. The monoisotopic (exact) mass is 514 g/mol. The molecule has 0 aliphatic carbocycles. The number of pyridine rings is 1. The molecule has 1 atom stereocenters. The summed E-state index contributed by atoms with van der Waals surface area (Å²) in [5.41, 5.74) is 0.737.